The second-order valence-corrected chi connectivity index (χ2v) is 12.9. The average Bonchev–Trinajstić information content (AvgIpc) is 2.65. The average molecular weight is 434 g/mol. The zero-order valence-electron chi connectivity index (χ0n) is 18.0. The first-order valence-corrected chi connectivity index (χ1v) is 12.2. The van der Waals surface area contributed by atoms with Crippen LogP contribution in [0, 0.1) is 10.1 Å². The Bertz CT molecular complexity index is 881. The van der Waals surface area contributed by atoms with Gasteiger partial charge in [-0.15, -0.1) is 0 Å². The summed E-state index contributed by atoms with van der Waals surface area (Å²) in [7, 11) is -1.21. The van der Waals surface area contributed by atoms with E-state index in [1.54, 1.807) is 24.3 Å². The topological polar surface area (TPSA) is 132 Å². The van der Waals surface area contributed by atoms with Crippen molar-refractivity contribution in [3.05, 3.63) is 51.6 Å². The molecule has 30 heavy (non-hydrogen) atoms. The van der Waals surface area contributed by atoms with Crippen LogP contribution in [0.25, 0.3) is 11.6 Å². The molecule has 0 saturated carbocycles. The molecular weight excluding hydrogens is 406 g/mol. The minimum Gasteiger partial charge on any atom is -0.460 e. The highest BCUT2D eigenvalue weighted by Gasteiger charge is 2.40. The summed E-state index contributed by atoms with van der Waals surface area (Å²) in [6, 6.07) is 5.91. The molecule has 9 nitrogen and oxygen atoms in total. The molecule has 0 aliphatic heterocycles. The normalized spacial score (nSPS) is 12.9. The number of Topliss-reactive ketones (excluding diaryl/α,β-unsaturated/α-hetero) is 1. The number of ketones is 1. The fourth-order valence-corrected chi connectivity index (χ4v) is 3.49. The van der Waals surface area contributed by atoms with Crippen molar-refractivity contribution in [3.63, 3.8) is 0 Å². The third-order valence-corrected chi connectivity index (χ3v) is 9.49. The first-order valence-electron chi connectivity index (χ1n) is 9.26. The maximum absolute atomic E-state index is 12.5. The number of non-ortho nitro benzene ring substituents is 1. The van der Waals surface area contributed by atoms with E-state index >= 15 is 0 Å². The lowest BCUT2D eigenvalue weighted by atomic mass is 10.1. The summed E-state index contributed by atoms with van der Waals surface area (Å²) in [5.41, 5.74) is 8.96. The van der Waals surface area contributed by atoms with Crippen molar-refractivity contribution in [3.8, 4) is 0 Å². The van der Waals surface area contributed by atoms with Gasteiger partial charge >= 0.3 is 11.7 Å². The first-order chi connectivity index (χ1) is 13.8. The van der Waals surface area contributed by atoms with Crippen molar-refractivity contribution in [2.24, 2.45) is 0 Å². The standard InChI is InChI=1S/C20H27N3O6Si/c1-20(2,3)30(5,6)29-16(13-17(24)18(22-21)19(25)28-4)12-9-14-7-10-15(11-8-14)23(26)27/h7-12,16H,13H2,1-6H3/b12-9+. The quantitative estimate of drug-likeness (QED) is 0.0850. The van der Waals surface area contributed by atoms with Gasteiger partial charge in [-0.05, 0) is 35.8 Å². The Hall–Kier alpha value is -2.94. The second-order valence-electron chi connectivity index (χ2n) is 8.19. The Morgan fingerprint density at radius 3 is 2.27 bits per heavy atom. The van der Waals surface area contributed by atoms with Crippen molar-refractivity contribution in [2.45, 2.75) is 51.4 Å². The predicted octanol–water partition coefficient (Wildman–Crippen LogP) is 3.80. The van der Waals surface area contributed by atoms with Gasteiger partial charge in [0.1, 0.15) is 0 Å². The highest BCUT2D eigenvalue weighted by molar-refractivity contribution is 6.74. The molecule has 0 amide bonds. The van der Waals surface area contributed by atoms with Gasteiger partial charge in [-0.2, -0.15) is 4.79 Å². The van der Waals surface area contributed by atoms with Gasteiger partial charge in [0, 0.05) is 18.6 Å². The van der Waals surface area contributed by atoms with E-state index in [-0.39, 0.29) is 17.1 Å². The fraction of sp³-hybridized carbons (Fsp3) is 0.450. The summed E-state index contributed by atoms with van der Waals surface area (Å²) >= 11 is 0. The van der Waals surface area contributed by atoms with Crippen LogP contribution in [0.5, 0.6) is 0 Å². The summed E-state index contributed by atoms with van der Waals surface area (Å²) in [6.07, 6.45) is 2.41. The number of carbonyl (C=O) groups is 2. The summed E-state index contributed by atoms with van der Waals surface area (Å²) in [6.45, 7) is 10.2. The molecule has 1 rings (SSSR count). The zero-order chi connectivity index (χ0) is 23.1. The molecule has 0 heterocycles. The van der Waals surface area contributed by atoms with Gasteiger partial charge in [-0.1, -0.05) is 32.9 Å². The molecule has 0 aliphatic rings. The molecule has 162 valence electrons. The van der Waals surface area contributed by atoms with E-state index in [4.69, 9.17) is 9.96 Å². The second kappa shape index (κ2) is 10.2. The number of methoxy groups -OCH3 is 1. The number of carbonyl (C=O) groups excluding carboxylic acids is 2. The number of hydrogen-bond acceptors (Lipinski definition) is 6. The molecule has 0 radical (unpaired) electrons. The van der Waals surface area contributed by atoms with Crippen LogP contribution in [0.15, 0.2) is 30.3 Å². The Kier molecular flexibility index (Phi) is 8.53. The van der Waals surface area contributed by atoms with Gasteiger partial charge < -0.3 is 14.7 Å². The number of esters is 1. The van der Waals surface area contributed by atoms with Crippen molar-refractivity contribution in [1.29, 1.82) is 0 Å². The van der Waals surface area contributed by atoms with Gasteiger partial charge in [0.15, 0.2) is 8.32 Å². The van der Waals surface area contributed by atoms with E-state index in [1.165, 1.54) is 12.1 Å². The van der Waals surface area contributed by atoms with E-state index in [2.05, 4.69) is 9.53 Å². The fourth-order valence-electron chi connectivity index (χ4n) is 2.22. The van der Waals surface area contributed by atoms with Gasteiger partial charge in [0.2, 0.25) is 0 Å². The van der Waals surface area contributed by atoms with Gasteiger partial charge in [-0.25, -0.2) is 4.79 Å². The monoisotopic (exact) mass is 433 g/mol. The highest BCUT2D eigenvalue weighted by atomic mass is 28.4. The number of ether oxygens (including phenoxy) is 1. The Morgan fingerprint density at radius 1 is 1.27 bits per heavy atom. The number of hydrogen-bond donors (Lipinski definition) is 0. The summed E-state index contributed by atoms with van der Waals surface area (Å²) < 4.78 is 10.8. The zero-order valence-corrected chi connectivity index (χ0v) is 19.0. The molecule has 1 atom stereocenters. The van der Waals surface area contributed by atoms with Crippen molar-refractivity contribution in [2.75, 3.05) is 7.11 Å². The number of rotatable bonds is 9. The number of nitrogens with zero attached hydrogens (tertiary/aromatic N) is 3. The van der Waals surface area contributed by atoms with Crippen LogP contribution in [-0.4, -0.2) is 48.7 Å². The Morgan fingerprint density at radius 2 is 1.83 bits per heavy atom. The van der Waals surface area contributed by atoms with Crippen LogP contribution in [0.2, 0.25) is 18.1 Å². The minimum atomic E-state index is -2.29. The number of benzene rings is 1. The van der Waals surface area contributed by atoms with Crippen LogP contribution in [0.3, 0.4) is 0 Å². The van der Waals surface area contributed by atoms with Crippen molar-refractivity contribution < 1.29 is 28.5 Å². The van der Waals surface area contributed by atoms with Crippen molar-refractivity contribution in [1.82, 2.24) is 0 Å². The van der Waals surface area contributed by atoms with E-state index < -0.39 is 36.8 Å². The Labute approximate surface area is 176 Å². The molecule has 0 saturated heterocycles. The maximum Gasteiger partial charge on any atom is 0.441 e. The maximum atomic E-state index is 12.5. The van der Waals surface area contributed by atoms with Crippen LogP contribution in [-0.2, 0) is 18.8 Å². The predicted molar refractivity (Wildman–Crippen MR) is 114 cm³/mol. The van der Waals surface area contributed by atoms with E-state index in [1.807, 2.05) is 33.9 Å². The summed E-state index contributed by atoms with van der Waals surface area (Å²) in [5.74, 6) is -1.76. The smallest absolute Gasteiger partial charge is 0.441 e. The largest absolute Gasteiger partial charge is 0.460 e. The van der Waals surface area contributed by atoms with Crippen LogP contribution < -0.4 is 0 Å². The molecule has 0 spiro atoms. The molecule has 0 aromatic heterocycles. The molecule has 1 aromatic carbocycles. The van der Waals surface area contributed by atoms with Crippen molar-refractivity contribution >= 4 is 37.5 Å². The molecule has 10 heteroatoms. The molecule has 0 aliphatic carbocycles. The van der Waals surface area contributed by atoms with Gasteiger partial charge in [0.05, 0.1) is 18.1 Å². The molecule has 0 bridgehead atoms. The lowest BCUT2D eigenvalue weighted by Gasteiger charge is -2.38. The SMILES string of the molecule is COC(=O)C(=[N+]=[N-])C(=O)CC(/C=C/c1ccc([N+](=O)[O-])cc1)O[Si](C)(C)C(C)(C)C. The van der Waals surface area contributed by atoms with Crippen LogP contribution >= 0.6 is 0 Å². The molecule has 1 aromatic rings. The molecule has 0 fully saturated rings. The lowest BCUT2D eigenvalue weighted by Crippen LogP contribution is -2.44. The molecular formula is C20H27N3O6Si. The van der Waals surface area contributed by atoms with E-state index in [9.17, 15) is 19.7 Å². The van der Waals surface area contributed by atoms with Gasteiger partial charge in [-0.3, -0.25) is 14.9 Å². The minimum absolute atomic E-state index is 0.0294. The third kappa shape index (κ3) is 6.84. The Balaban J connectivity index is 3.16. The summed E-state index contributed by atoms with van der Waals surface area (Å²) in [4.78, 5) is 37.2. The number of nitro benzene ring substituents is 1. The molecule has 0 N–H and O–H groups in total. The van der Waals surface area contributed by atoms with Crippen LogP contribution in [0.1, 0.15) is 32.8 Å². The molecule has 1 unspecified atom stereocenters. The summed E-state index contributed by atoms with van der Waals surface area (Å²) in [5, 5.41) is 10.7. The van der Waals surface area contributed by atoms with E-state index in [0.717, 1.165) is 7.11 Å². The van der Waals surface area contributed by atoms with Gasteiger partial charge in [0.25, 0.3) is 11.5 Å². The third-order valence-electron chi connectivity index (χ3n) is 4.99. The first kappa shape index (κ1) is 25.1. The lowest BCUT2D eigenvalue weighted by molar-refractivity contribution is -0.384. The highest BCUT2D eigenvalue weighted by Crippen LogP contribution is 2.37. The van der Waals surface area contributed by atoms with Crippen LogP contribution in [0.4, 0.5) is 5.69 Å². The number of nitro groups is 1. The van der Waals surface area contributed by atoms with E-state index in [0.29, 0.717) is 5.56 Å².